The van der Waals surface area contributed by atoms with Crippen molar-refractivity contribution >= 4 is 24.4 Å². The van der Waals surface area contributed by atoms with Gasteiger partial charge in [0.05, 0.1) is 5.69 Å². The third-order valence-corrected chi connectivity index (χ3v) is 2.70. The van der Waals surface area contributed by atoms with Crippen LogP contribution in [0, 0.1) is 6.92 Å². The highest BCUT2D eigenvalue weighted by Crippen LogP contribution is 2.23. The minimum absolute atomic E-state index is 0.132. The van der Waals surface area contributed by atoms with Gasteiger partial charge < -0.3 is 0 Å². The largest absolute Gasteiger partial charge is 0.296 e. The van der Waals surface area contributed by atoms with Crippen molar-refractivity contribution in [1.82, 2.24) is 9.78 Å². The zero-order valence-corrected chi connectivity index (χ0v) is 9.16. The van der Waals surface area contributed by atoms with Gasteiger partial charge in [0.1, 0.15) is 5.82 Å². The van der Waals surface area contributed by atoms with Crippen LogP contribution in [-0.2, 0) is 11.8 Å². The highest BCUT2D eigenvalue weighted by molar-refractivity contribution is 7.81. The fraction of sp³-hybridized carbons (Fsp3) is 0.556. The molecule has 76 valence electrons. The number of aromatic nitrogens is 2. The molecule has 0 N–H and O–H groups in total. The summed E-state index contributed by atoms with van der Waals surface area (Å²) < 4.78 is 1.74. The average Bonchev–Trinajstić information content (AvgIpc) is 2.55. The first kappa shape index (κ1) is 9.58. The third kappa shape index (κ3) is 1.52. The second-order valence-electron chi connectivity index (χ2n) is 3.63. The van der Waals surface area contributed by atoms with Gasteiger partial charge in [0, 0.05) is 31.3 Å². The van der Waals surface area contributed by atoms with E-state index in [0.29, 0.717) is 13.0 Å². The van der Waals surface area contributed by atoms with E-state index in [9.17, 15) is 4.79 Å². The number of carbonyl (C=O) groups is 1. The van der Waals surface area contributed by atoms with Gasteiger partial charge in [-0.3, -0.25) is 14.4 Å². The van der Waals surface area contributed by atoms with Crippen molar-refractivity contribution in [1.29, 1.82) is 0 Å². The van der Waals surface area contributed by atoms with Crippen molar-refractivity contribution in [3.8, 4) is 0 Å². The number of thiol groups is 1. The van der Waals surface area contributed by atoms with E-state index in [0.717, 1.165) is 11.5 Å². The molecule has 1 aliphatic heterocycles. The maximum Gasteiger partial charge on any atom is 0.229 e. The molecule has 0 radical (unpaired) electrons. The van der Waals surface area contributed by atoms with E-state index in [4.69, 9.17) is 0 Å². The van der Waals surface area contributed by atoms with Gasteiger partial charge in [0.15, 0.2) is 0 Å². The average molecular weight is 211 g/mol. The second kappa shape index (κ2) is 3.31. The summed E-state index contributed by atoms with van der Waals surface area (Å²) in [5.74, 6) is 0.997. The van der Waals surface area contributed by atoms with Crippen LogP contribution in [0.5, 0.6) is 0 Å². The molecule has 1 aromatic rings. The van der Waals surface area contributed by atoms with Crippen LogP contribution >= 0.6 is 12.6 Å². The quantitative estimate of drug-likeness (QED) is 0.697. The van der Waals surface area contributed by atoms with Crippen molar-refractivity contribution in [3.63, 3.8) is 0 Å². The molecule has 1 amide bonds. The smallest absolute Gasteiger partial charge is 0.229 e. The molecule has 0 aliphatic carbocycles. The van der Waals surface area contributed by atoms with Gasteiger partial charge in [-0.25, -0.2) is 0 Å². The van der Waals surface area contributed by atoms with E-state index in [1.54, 1.807) is 9.58 Å². The van der Waals surface area contributed by atoms with Gasteiger partial charge in [-0.1, -0.05) is 0 Å². The maximum atomic E-state index is 11.6. The summed E-state index contributed by atoms with van der Waals surface area (Å²) in [7, 11) is 1.85. The standard InChI is InChI=1S/C9H13N3OS/c1-6-3-8(11(2)10-6)12-5-7(14)4-9(12)13/h3,7,14H,4-5H2,1-2H3. The number of hydrogen-bond acceptors (Lipinski definition) is 3. The molecule has 1 aromatic heterocycles. The lowest BCUT2D eigenvalue weighted by molar-refractivity contribution is -0.117. The minimum atomic E-state index is 0.132. The molecule has 0 saturated carbocycles. The summed E-state index contributed by atoms with van der Waals surface area (Å²) in [4.78, 5) is 13.3. The highest BCUT2D eigenvalue weighted by atomic mass is 32.1. The van der Waals surface area contributed by atoms with Crippen molar-refractivity contribution in [2.75, 3.05) is 11.4 Å². The third-order valence-electron chi connectivity index (χ3n) is 2.36. The van der Waals surface area contributed by atoms with Crippen molar-refractivity contribution in [2.45, 2.75) is 18.6 Å². The summed E-state index contributed by atoms with van der Waals surface area (Å²) in [6.07, 6.45) is 0.521. The van der Waals surface area contributed by atoms with E-state index >= 15 is 0 Å². The zero-order chi connectivity index (χ0) is 10.3. The van der Waals surface area contributed by atoms with Crippen LogP contribution in [0.25, 0.3) is 0 Å². The number of aryl methyl sites for hydroxylation is 2. The van der Waals surface area contributed by atoms with E-state index in [1.165, 1.54) is 0 Å². The molecule has 0 spiro atoms. The molecule has 1 aliphatic rings. The Morgan fingerprint density at radius 3 is 2.79 bits per heavy atom. The Kier molecular flexibility index (Phi) is 2.26. The maximum absolute atomic E-state index is 11.6. The Morgan fingerprint density at radius 2 is 2.36 bits per heavy atom. The van der Waals surface area contributed by atoms with Gasteiger partial charge in [-0.05, 0) is 6.92 Å². The summed E-state index contributed by atoms with van der Waals surface area (Å²) in [6, 6.07) is 1.92. The summed E-state index contributed by atoms with van der Waals surface area (Å²) in [6.45, 7) is 2.60. The van der Waals surface area contributed by atoms with Crippen LogP contribution in [-0.4, -0.2) is 27.5 Å². The molecule has 1 fully saturated rings. The first-order valence-corrected chi connectivity index (χ1v) is 5.08. The summed E-state index contributed by atoms with van der Waals surface area (Å²) in [5.41, 5.74) is 0.929. The fourth-order valence-corrected chi connectivity index (χ4v) is 2.08. The summed E-state index contributed by atoms with van der Waals surface area (Å²) in [5, 5.41) is 4.36. The number of carbonyl (C=O) groups excluding carboxylic acids is 1. The van der Waals surface area contributed by atoms with E-state index in [1.807, 2.05) is 20.0 Å². The molecule has 2 heterocycles. The molecule has 1 saturated heterocycles. The second-order valence-corrected chi connectivity index (χ2v) is 4.36. The Labute approximate surface area is 88.3 Å². The monoisotopic (exact) mass is 211 g/mol. The number of anilines is 1. The van der Waals surface area contributed by atoms with Crippen LogP contribution in [0.15, 0.2) is 6.07 Å². The number of hydrogen-bond donors (Lipinski definition) is 1. The first-order valence-electron chi connectivity index (χ1n) is 4.57. The Bertz CT molecular complexity index is 374. The Morgan fingerprint density at radius 1 is 1.64 bits per heavy atom. The van der Waals surface area contributed by atoms with Crippen LogP contribution in [0.4, 0.5) is 5.82 Å². The van der Waals surface area contributed by atoms with Crippen LogP contribution in [0.3, 0.4) is 0 Å². The van der Waals surface area contributed by atoms with Gasteiger partial charge in [-0.2, -0.15) is 17.7 Å². The lowest BCUT2D eigenvalue weighted by atomic mass is 10.4. The molecule has 14 heavy (non-hydrogen) atoms. The van der Waals surface area contributed by atoms with E-state index < -0.39 is 0 Å². The first-order chi connectivity index (χ1) is 6.58. The number of amides is 1. The number of nitrogens with zero attached hydrogens (tertiary/aromatic N) is 3. The van der Waals surface area contributed by atoms with Gasteiger partial charge in [0.25, 0.3) is 0 Å². The van der Waals surface area contributed by atoms with E-state index in [2.05, 4.69) is 17.7 Å². The molecule has 5 heteroatoms. The van der Waals surface area contributed by atoms with E-state index in [-0.39, 0.29) is 11.2 Å². The van der Waals surface area contributed by atoms with Gasteiger partial charge >= 0.3 is 0 Å². The Balaban J connectivity index is 2.31. The van der Waals surface area contributed by atoms with Crippen LogP contribution in [0.1, 0.15) is 12.1 Å². The molecule has 2 rings (SSSR count). The molecule has 0 bridgehead atoms. The SMILES string of the molecule is Cc1cc(N2CC(S)CC2=O)n(C)n1. The predicted molar refractivity (Wildman–Crippen MR) is 57.7 cm³/mol. The minimum Gasteiger partial charge on any atom is -0.296 e. The topological polar surface area (TPSA) is 38.1 Å². The molecule has 1 atom stereocenters. The van der Waals surface area contributed by atoms with Crippen molar-refractivity contribution in [2.24, 2.45) is 7.05 Å². The lowest BCUT2D eigenvalue weighted by Gasteiger charge is -2.15. The molecule has 1 unspecified atom stereocenters. The van der Waals surface area contributed by atoms with Gasteiger partial charge in [0.2, 0.25) is 5.91 Å². The fourth-order valence-electron chi connectivity index (χ4n) is 1.76. The van der Waals surface area contributed by atoms with Crippen molar-refractivity contribution < 1.29 is 4.79 Å². The predicted octanol–water partition coefficient (Wildman–Crippen LogP) is 0.764. The van der Waals surface area contributed by atoms with Crippen LogP contribution in [0.2, 0.25) is 0 Å². The van der Waals surface area contributed by atoms with Crippen LogP contribution < -0.4 is 4.90 Å². The van der Waals surface area contributed by atoms with Crippen molar-refractivity contribution in [3.05, 3.63) is 11.8 Å². The zero-order valence-electron chi connectivity index (χ0n) is 8.27. The molecule has 4 nitrogen and oxygen atoms in total. The normalized spacial score (nSPS) is 22.1. The highest BCUT2D eigenvalue weighted by Gasteiger charge is 2.30. The van der Waals surface area contributed by atoms with Gasteiger partial charge in [-0.15, -0.1) is 0 Å². The molecular weight excluding hydrogens is 198 g/mol. The number of rotatable bonds is 1. The lowest BCUT2D eigenvalue weighted by Crippen LogP contribution is -2.26. The summed E-state index contributed by atoms with van der Waals surface area (Å²) >= 11 is 4.31. The molecular formula is C9H13N3OS. The Hall–Kier alpha value is -0.970. The molecule has 0 aromatic carbocycles.